The van der Waals surface area contributed by atoms with E-state index in [2.05, 4.69) is 10.6 Å². The van der Waals surface area contributed by atoms with Gasteiger partial charge in [-0.3, -0.25) is 4.79 Å². The van der Waals surface area contributed by atoms with E-state index in [-0.39, 0.29) is 11.5 Å². The lowest BCUT2D eigenvalue weighted by atomic mass is 10.1. The molecule has 130 valence electrons. The lowest BCUT2D eigenvalue weighted by molar-refractivity contribution is -0.117. The van der Waals surface area contributed by atoms with Crippen molar-refractivity contribution < 1.29 is 14.3 Å². The first-order valence-corrected chi connectivity index (χ1v) is 8.03. The van der Waals surface area contributed by atoms with Crippen LogP contribution in [0, 0.1) is 11.3 Å². The Hall–Kier alpha value is -2.52. The highest BCUT2D eigenvalue weighted by atomic mass is 16.5. The van der Waals surface area contributed by atoms with Gasteiger partial charge in [-0.2, -0.15) is 5.26 Å². The van der Waals surface area contributed by atoms with Gasteiger partial charge in [0.25, 0.3) is 5.91 Å². The third kappa shape index (κ3) is 7.65. The highest BCUT2D eigenvalue weighted by Gasteiger charge is 2.07. The molecule has 0 spiro atoms. The summed E-state index contributed by atoms with van der Waals surface area (Å²) in [5.41, 5.74) is 1.16. The summed E-state index contributed by atoms with van der Waals surface area (Å²) >= 11 is 0. The molecule has 0 heterocycles. The second-order valence-corrected chi connectivity index (χ2v) is 5.03. The van der Waals surface area contributed by atoms with Crippen molar-refractivity contribution in [3.8, 4) is 11.8 Å². The summed E-state index contributed by atoms with van der Waals surface area (Å²) in [6.45, 7) is 4.42. The van der Waals surface area contributed by atoms with Gasteiger partial charge in [-0.25, -0.2) is 0 Å². The molecule has 0 bridgehead atoms. The number of hydrogen-bond acceptors (Lipinski definition) is 5. The van der Waals surface area contributed by atoms with E-state index in [4.69, 9.17) is 14.7 Å². The predicted molar refractivity (Wildman–Crippen MR) is 92.5 cm³/mol. The first-order chi connectivity index (χ1) is 11.7. The molecule has 6 heteroatoms. The molecule has 0 unspecified atom stereocenters. The van der Waals surface area contributed by atoms with E-state index in [0.717, 1.165) is 17.7 Å². The molecule has 0 radical (unpaired) electrons. The van der Waals surface area contributed by atoms with Gasteiger partial charge in [0.1, 0.15) is 17.4 Å². The standard InChI is InChI=1S/C18H25N3O3/c1-3-24-12-4-10-20-14-16(13-19)18(22)21-11-9-15-5-7-17(23-2)8-6-15/h5-8,14,20H,3-4,9-12H2,1-2H3,(H,21,22)/b16-14-. The second kappa shape index (κ2) is 12.0. The Labute approximate surface area is 143 Å². The number of nitrogens with one attached hydrogen (secondary N) is 2. The predicted octanol–water partition coefficient (Wildman–Crippen LogP) is 1.78. The third-order valence-electron chi connectivity index (χ3n) is 3.28. The van der Waals surface area contributed by atoms with Crippen LogP contribution in [0.15, 0.2) is 36.0 Å². The lowest BCUT2D eigenvalue weighted by Crippen LogP contribution is -2.27. The zero-order valence-electron chi connectivity index (χ0n) is 14.3. The van der Waals surface area contributed by atoms with Gasteiger partial charge < -0.3 is 20.1 Å². The van der Waals surface area contributed by atoms with Crippen LogP contribution in [-0.4, -0.2) is 39.3 Å². The highest BCUT2D eigenvalue weighted by Crippen LogP contribution is 2.11. The fourth-order valence-corrected chi connectivity index (χ4v) is 1.95. The van der Waals surface area contributed by atoms with Crippen LogP contribution in [0.4, 0.5) is 0 Å². The van der Waals surface area contributed by atoms with Gasteiger partial charge in [-0.15, -0.1) is 0 Å². The van der Waals surface area contributed by atoms with Crippen LogP contribution < -0.4 is 15.4 Å². The van der Waals surface area contributed by atoms with Crippen molar-refractivity contribution in [1.82, 2.24) is 10.6 Å². The average Bonchev–Trinajstić information content (AvgIpc) is 2.61. The number of nitriles is 1. The van der Waals surface area contributed by atoms with E-state index < -0.39 is 0 Å². The molecule has 0 saturated heterocycles. The minimum atomic E-state index is -0.372. The molecule has 1 aromatic carbocycles. The molecule has 0 saturated carbocycles. The summed E-state index contributed by atoms with van der Waals surface area (Å²) < 4.78 is 10.3. The number of benzene rings is 1. The van der Waals surface area contributed by atoms with Crippen molar-refractivity contribution in [3.63, 3.8) is 0 Å². The topological polar surface area (TPSA) is 83.4 Å². The van der Waals surface area contributed by atoms with Crippen molar-refractivity contribution in [1.29, 1.82) is 5.26 Å². The van der Waals surface area contributed by atoms with Gasteiger partial charge >= 0.3 is 0 Å². The van der Waals surface area contributed by atoms with E-state index in [9.17, 15) is 4.79 Å². The molecule has 0 fully saturated rings. The zero-order valence-corrected chi connectivity index (χ0v) is 14.3. The zero-order chi connectivity index (χ0) is 17.6. The Bertz CT molecular complexity index is 562. The summed E-state index contributed by atoms with van der Waals surface area (Å²) in [5.74, 6) is 0.427. The summed E-state index contributed by atoms with van der Waals surface area (Å²) in [5, 5.41) is 14.8. The Kier molecular flexibility index (Phi) is 9.74. The lowest BCUT2D eigenvalue weighted by Gasteiger charge is -2.06. The van der Waals surface area contributed by atoms with Gasteiger partial charge in [0.15, 0.2) is 0 Å². The minimum absolute atomic E-state index is 0.0705. The Balaban J connectivity index is 2.31. The van der Waals surface area contributed by atoms with Crippen molar-refractivity contribution in [3.05, 3.63) is 41.6 Å². The summed E-state index contributed by atoms with van der Waals surface area (Å²) in [6.07, 6.45) is 2.97. The summed E-state index contributed by atoms with van der Waals surface area (Å²) in [4.78, 5) is 11.9. The van der Waals surface area contributed by atoms with E-state index in [1.54, 1.807) is 7.11 Å². The maximum atomic E-state index is 11.9. The summed E-state index contributed by atoms with van der Waals surface area (Å²) in [7, 11) is 1.62. The number of carbonyl (C=O) groups excluding carboxylic acids is 1. The third-order valence-corrected chi connectivity index (χ3v) is 3.28. The molecule has 0 aliphatic rings. The van der Waals surface area contributed by atoms with E-state index in [1.807, 2.05) is 37.3 Å². The normalized spacial score (nSPS) is 10.8. The van der Waals surface area contributed by atoms with Gasteiger partial charge in [-0.05, 0) is 37.5 Å². The number of amides is 1. The van der Waals surface area contributed by atoms with Crippen molar-refractivity contribution in [2.75, 3.05) is 33.4 Å². The molecular formula is C18H25N3O3. The van der Waals surface area contributed by atoms with Crippen LogP contribution >= 0.6 is 0 Å². The van der Waals surface area contributed by atoms with Gasteiger partial charge in [0.2, 0.25) is 0 Å². The average molecular weight is 331 g/mol. The summed E-state index contributed by atoms with van der Waals surface area (Å²) in [6, 6.07) is 9.56. The number of ether oxygens (including phenoxy) is 2. The van der Waals surface area contributed by atoms with Crippen LogP contribution in [-0.2, 0) is 16.0 Å². The van der Waals surface area contributed by atoms with Crippen molar-refractivity contribution >= 4 is 5.91 Å². The number of carbonyl (C=O) groups is 1. The molecule has 0 atom stereocenters. The number of hydrogen-bond donors (Lipinski definition) is 2. The molecule has 1 rings (SSSR count). The first kappa shape index (κ1) is 19.5. The smallest absolute Gasteiger partial charge is 0.263 e. The van der Waals surface area contributed by atoms with Crippen LogP contribution in [0.3, 0.4) is 0 Å². The molecule has 1 amide bonds. The van der Waals surface area contributed by atoms with Gasteiger partial charge in [-0.1, -0.05) is 12.1 Å². The fraction of sp³-hybridized carbons (Fsp3) is 0.444. The maximum Gasteiger partial charge on any atom is 0.263 e. The molecule has 0 aliphatic heterocycles. The minimum Gasteiger partial charge on any atom is -0.497 e. The number of nitrogens with zero attached hydrogens (tertiary/aromatic N) is 1. The van der Waals surface area contributed by atoms with E-state index in [1.165, 1.54) is 6.20 Å². The molecule has 1 aromatic rings. The molecule has 24 heavy (non-hydrogen) atoms. The van der Waals surface area contributed by atoms with E-state index >= 15 is 0 Å². The monoisotopic (exact) mass is 331 g/mol. The van der Waals surface area contributed by atoms with Crippen LogP contribution in [0.1, 0.15) is 18.9 Å². The molecule has 0 aliphatic carbocycles. The first-order valence-electron chi connectivity index (χ1n) is 8.03. The highest BCUT2D eigenvalue weighted by molar-refractivity contribution is 5.97. The molecule has 2 N–H and O–H groups in total. The van der Waals surface area contributed by atoms with Crippen LogP contribution in [0.5, 0.6) is 5.75 Å². The SMILES string of the molecule is CCOCCCN/C=C(/C#N)C(=O)NCCc1ccc(OC)cc1. The number of rotatable bonds is 11. The molecule has 0 aromatic heterocycles. The maximum absolute atomic E-state index is 11.9. The Morgan fingerprint density at radius 1 is 1.29 bits per heavy atom. The Morgan fingerprint density at radius 2 is 2.04 bits per heavy atom. The second-order valence-electron chi connectivity index (χ2n) is 5.03. The van der Waals surface area contributed by atoms with Crippen LogP contribution in [0.2, 0.25) is 0 Å². The number of methoxy groups -OCH3 is 1. The molecular weight excluding hydrogens is 306 g/mol. The van der Waals surface area contributed by atoms with Crippen molar-refractivity contribution in [2.24, 2.45) is 0 Å². The largest absolute Gasteiger partial charge is 0.497 e. The Morgan fingerprint density at radius 3 is 2.67 bits per heavy atom. The van der Waals surface area contributed by atoms with E-state index in [0.29, 0.717) is 32.7 Å². The van der Waals surface area contributed by atoms with Crippen LogP contribution in [0.25, 0.3) is 0 Å². The van der Waals surface area contributed by atoms with Crippen molar-refractivity contribution in [2.45, 2.75) is 19.8 Å². The molecule has 6 nitrogen and oxygen atoms in total. The van der Waals surface area contributed by atoms with Gasteiger partial charge in [0, 0.05) is 32.5 Å². The quantitative estimate of drug-likeness (QED) is 0.367. The fourth-order valence-electron chi connectivity index (χ4n) is 1.95. The van der Waals surface area contributed by atoms with Gasteiger partial charge in [0.05, 0.1) is 7.11 Å².